The topological polar surface area (TPSA) is 26.3 Å². The van der Waals surface area contributed by atoms with Crippen LogP contribution in [0.4, 0.5) is 0 Å². The van der Waals surface area contributed by atoms with Crippen LogP contribution in [-0.4, -0.2) is 5.78 Å². The summed E-state index contributed by atoms with van der Waals surface area (Å²) < 4.78 is 5.82. The van der Waals surface area contributed by atoms with Crippen molar-refractivity contribution >= 4 is 5.78 Å². The van der Waals surface area contributed by atoms with Crippen LogP contribution in [0.15, 0.2) is 54.6 Å². The van der Waals surface area contributed by atoms with Gasteiger partial charge in [0.15, 0.2) is 5.78 Å². The fraction of sp³-hybridized carbons (Fsp3) is 0.188. The maximum atomic E-state index is 11.2. The van der Waals surface area contributed by atoms with Crippen molar-refractivity contribution in [1.82, 2.24) is 0 Å². The first-order valence-corrected chi connectivity index (χ1v) is 5.99. The van der Waals surface area contributed by atoms with Crippen LogP contribution in [0.25, 0.3) is 0 Å². The number of hydrogen-bond acceptors (Lipinski definition) is 2. The Labute approximate surface area is 107 Å². The van der Waals surface area contributed by atoms with Gasteiger partial charge in [-0.2, -0.15) is 0 Å². The minimum atomic E-state index is -0.00521. The van der Waals surface area contributed by atoms with Gasteiger partial charge in [0.05, 0.1) is 0 Å². The molecule has 1 atom stereocenters. The number of rotatable bonds is 4. The van der Waals surface area contributed by atoms with E-state index in [0.717, 1.165) is 11.3 Å². The molecule has 0 saturated carbocycles. The Balaban J connectivity index is 2.08. The lowest BCUT2D eigenvalue weighted by molar-refractivity contribution is 0.101. The van der Waals surface area contributed by atoms with Gasteiger partial charge in [0.2, 0.25) is 0 Å². The highest BCUT2D eigenvalue weighted by atomic mass is 16.5. The van der Waals surface area contributed by atoms with E-state index in [0.29, 0.717) is 5.56 Å². The first-order chi connectivity index (χ1) is 8.66. The van der Waals surface area contributed by atoms with Crippen molar-refractivity contribution < 1.29 is 9.53 Å². The Bertz CT molecular complexity index is 515. The summed E-state index contributed by atoms with van der Waals surface area (Å²) in [5, 5.41) is 0. The van der Waals surface area contributed by atoms with E-state index in [4.69, 9.17) is 4.74 Å². The van der Waals surface area contributed by atoms with Crippen molar-refractivity contribution in [2.75, 3.05) is 0 Å². The van der Waals surface area contributed by atoms with E-state index < -0.39 is 0 Å². The largest absolute Gasteiger partial charge is 0.486 e. The standard InChI is InChI=1S/C16H16O2/c1-12(17)14-8-10-16(11-9-14)18-13(2)15-6-4-3-5-7-15/h3-11,13H,1-2H3/t13-/m1/s1. The fourth-order valence-corrected chi connectivity index (χ4v) is 1.76. The van der Waals surface area contributed by atoms with E-state index in [2.05, 4.69) is 0 Å². The summed E-state index contributed by atoms with van der Waals surface area (Å²) in [6, 6.07) is 17.3. The summed E-state index contributed by atoms with van der Waals surface area (Å²) in [4.78, 5) is 11.2. The highest BCUT2D eigenvalue weighted by molar-refractivity contribution is 5.94. The van der Waals surface area contributed by atoms with Crippen LogP contribution in [0.3, 0.4) is 0 Å². The summed E-state index contributed by atoms with van der Waals surface area (Å²) in [7, 11) is 0. The highest BCUT2D eigenvalue weighted by Crippen LogP contribution is 2.21. The summed E-state index contributed by atoms with van der Waals surface area (Å²) >= 11 is 0. The molecule has 0 fully saturated rings. The van der Waals surface area contributed by atoms with Gasteiger partial charge in [0.1, 0.15) is 11.9 Å². The number of ketones is 1. The van der Waals surface area contributed by atoms with E-state index >= 15 is 0 Å². The van der Waals surface area contributed by atoms with Gasteiger partial charge < -0.3 is 4.74 Å². The van der Waals surface area contributed by atoms with E-state index in [1.807, 2.05) is 49.4 Å². The third kappa shape index (κ3) is 2.98. The van der Waals surface area contributed by atoms with Gasteiger partial charge >= 0.3 is 0 Å². The van der Waals surface area contributed by atoms with E-state index in [1.165, 1.54) is 0 Å². The monoisotopic (exact) mass is 240 g/mol. The van der Waals surface area contributed by atoms with Gasteiger partial charge in [-0.1, -0.05) is 30.3 Å². The van der Waals surface area contributed by atoms with Crippen LogP contribution in [0.1, 0.15) is 35.9 Å². The lowest BCUT2D eigenvalue weighted by atomic mass is 10.1. The molecule has 0 aliphatic rings. The number of carbonyl (C=O) groups is 1. The molecule has 2 nitrogen and oxygen atoms in total. The quantitative estimate of drug-likeness (QED) is 0.754. The second-order valence-electron chi connectivity index (χ2n) is 4.25. The molecule has 0 radical (unpaired) electrons. The predicted molar refractivity (Wildman–Crippen MR) is 71.9 cm³/mol. The molecule has 2 rings (SSSR count). The molecule has 2 aromatic carbocycles. The maximum absolute atomic E-state index is 11.2. The molecule has 0 N–H and O–H groups in total. The lowest BCUT2D eigenvalue weighted by Gasteiger charge is -2.15. The van der Waals surface area contributed by atoms with Crippen LogP contribution in [0, 0.1) is 0 Å². The smallest absolute Gasteiger partial charge is 0.159 e. The van der Waals surface area contributed by atoms with E-state index in [1.54, 1.807) is 19.1 Å². The lowest BCUT2D eigenvalue weighted by Crippen LogP contribution is -2.03. The molecule has 2 heteroatoms. The van der Waals surface area contributed by atoms with E-state index in [9.17, 15) is 4.79 Å². The molecule has 0 aliphatic carbocycles. The Hall–Kier alpha value is -2.09. The van der Waals surface area contributed by atoms with Crippen molar-refractivity contribution in [2.24, 2.45) is 0 Å². The Morgan fingerprint density at radius 3 is 2.17 bits per heavy atom. The molecule has 2 aromatic rings. The minimum absolute atomic E-state index is 0.00521. The van der Waals surface area contributed by atoms with Gasteiger partial charge in [-0.15, -0.1) is 0 Å². The number of ether oxygens (including phenoxy) is 1. The van der Waals surface area contributed by atoms with Crippen LogP contribution in [-0.2, 0) is 0 Å². The summed E-state index contributed by atoms with van der Waals surface area (Å²) in [5.41, 5.74) is 1.84. The molecule has 0 saturated heterocycles. The average molecular weight is 240 g/mol. The molecule has 0 bridgehead atoms. The molecular formula is C16H16O2. The number of benzene rings is 2. The van der Waals surface area contributed by atoms with Crippen LogP contribution in [0.5, 0.6) is 5.75 Å². The molecule has 0 heterocycles. The predicted octanol–water partition coefficient (Wildman–Crippen LogP) is 4.03. The molecule has 0 spiro atoms. The van der Waals surface area contributed by atoms with Gasteiger partial charge in [0.25, 0.3) is 0 Å². The zero-order chi connectivity index (χ0) is 13.0. The van der Waals surface area contributed by atoms with Crippen molar-refractivity contribution in [2.45, 2.75) is 20.0 Å². The number of Topliss-reactive ketones (excluding diaryl/α,β-unsaturated/α-hetero) is 1. The number of hydrogen-bond donors (Lipinski definition) is 0. The van der Waals surface area contributed by atoms with Crippen molar-refractivity contribution in [1.29, 1.82) is 0 Å². The fourth-order valence-electron chi connectivity index (χ4n) is 1.76. The molecule has 0 aliphatic heterocycles. The molecule has 0 aromatic heterocycles. The van der Waals surface area contributed by atoms with Crippen molar-refractivity contribution in [3.05, 3.63) is 65.7 Å². The zero-order valence-electron chi connectivity index (χ0n) is 10.6. The second-order valence-corrected chi connectivity index (χ2v) is 4.25. The van der Waals surface area contributed by atoms with Crippen molar-refractivity contribution in [3.8, 4) is 5.75 Å². The second kappa shape index (κ2) is 5.50. The molecule has 18 heavy (non-hydrogen) atoms. The Morgan fingerprint density at radius 2 is 1.61 bits per heavy atom. The third-order valence-electron chi connectivity index (χ3n) is 2.84. The van der Waals surface area contributed by atoms with Gasteiger partial charge in [-0.3, -0.25) is 4.79 Å². The normalized spacial score (nSPS) is 11.9. The molecule has 0 unspecified atom stereocenters. The molecule has 92 valence electrons. The summed E-state index contributed by atoms with van der Waals surface area (Å²) in [6.45, 7) is 3.57. The van der Waals surface area contributed by atoms with Gasteiger partial charge in [-0.25, -0.2) is 0 Å². The zero-order valence-corrected chi connectivity index (χ0v) is 10.6. The Kier molecular flexibility index (Phi) is 3.78. The van der Waals surface area contributed by atoms with Crippen LogP contribution < -0.4 is 4.74 Å². The van der Waals surface area contributed by atoms with Gasteiger partial charge in [-0.05, 0) is 43.7 Å². The van der Waals surface area contributed by atoms with Crippen LogP contribution >= 0.6 is 0 Å². The maximum Gasteiger partial charge on any atom is 0.159 e. The SMILES string of the molecule is CC(=O)c1ccc(O[C@H](C)c2ccccc2)cc1. The van der Waals surface area contributed by atoms with E-state index in [-0.39, 0.29) is 11.9 Å². The first kappa shape index (κ1) is 12.4. The average Bonchev–Trinajstić information content (AvgIpc) is 2.40. The van der Waals surface area contributed by atoms with Crippen LogP contribution in [0.2, 0.25) is 0 Å². The third-order valence-corrected chi connectivity index (χ3v) is 2.84. The van der Waals surface area contributed by atoms with Crippen molar-refractivity contribution in [3.63, 3.8) is 0 Å². The summed E-state index contributed by atoms with van der Waals surface area (Å²) in [6.07, 6.45) is -0.00521. The number of carbonyl (C=O) groups excluding carboxylic acids is 1. The Morgan fingerprint density at radius 1 is 1.00 bits per heavy atom. The summed E-state index contributed by atoms with van der Waals surface area (Å²) in [5.74, 6) is 0.842. The molecular weight excluding hydrogens is 224 g/mol. The van der Waals surface area contributed by atoms with Gasteiger partial charge in [0, 0.05) is 5.56 Å². The highest BCUT2D eigenvalue weighted by Gasteiger charge is 2.06. The minimum Gasteiger partial charge on any atom is -0.486 e. The first-order valence-electron chi connectivity index (χ1n) is 5.99. The molecule has 0 amide bonds.